The highest BCUT2D eigenvalue weighted by Crippen LogP contribution is 2.59. The molecular formula is C28H43FO2. The molecule has 0 heterocycles. The Balaban J connectivity index is 1.76. The first kappa shape index (κ1) is 24.5. The monoisotopic (exact) mass is 430 g/mol. The van der Waals surface area contributed by atoms with Crippen molar-refractivity contribution in [3.63, 3.8) is 0 Å². The molecule has 0 unspecified atom stereocenters. The first-order chi connectivity index (χ1) is 14.4. The fourth-order valence-electron chi connectivity index (χ4n) is 6.31. The summed E-state index contributed by atoms with van der Waals surface area (Å²) in [6, 6.07) is 0. The van der Waals surface area contributed by atoms with E-state index in [0.717, 1.165) is 17.6 Å². The van der Waals surface area contributed by atoms with Crippen LogP contribution in [-0.4, -0.2) is 28.1 Å². The number of halogens is 1. The van der Waals surface area contributed by atoms with E-state index >= 15 is 0 Å². The number of hydrogen-bond donors (Lipinski definition) is 2. The van der Waals surface area contributed by atoms with Gasteiger partial charge in [-0.05, 0) is 86.7 Å². The maximum absolute atomic E-state index is 14.2. The van der Waals surface area contributed by atoms with Crippen LogP contribution in [0.5, 0.6) is 0 Å². The summed E-state index contributed by atoms with van der Waals surface area (Å²) >= 11 is 0. The van der Waals surface area contributed by atoms with E-state index in [1.807, 2.05) is 6.92 Å². The molecule has 0 bridgehead atoms. The molecule has 0 amide bonds. The topological polar surface area (TPSA) is 40.5 Å². The van der Waals surface area contributed by atoms with Gasteiger partial charge in [-0.2, -0.15) is 0 Å². The van der Waals surface area contributed by atoms with Gasteiger partial charge >= 0.3 is 0 Å². The zero-order valence-electron chi connectivity index (χ0n) is 20.2. The molecule has 0 radical (unpaired) electrons. The molecule has 174 valence electrons. The molecule has 0 spiro atoms. The molecule has 7 atom stereocenters. The third-order valence-corrected chi connectivity index (χ3v) is 8.72. The van der Waals surface area contributed by atoms with Crippen molar-refractivity contribution < 1.29 is 14.6 Å². The quantitative estimate of drug-likeness (QED) is 0.476. The van der Waals surface area contributed by atoms with Crippen molar-refractivity contribution in [2.45, 2.75) is 97.4 Å². The normalized spacial score (nSPS) is 39.3. The van der Waals surface area contributed by atoms with Gasteiger partial charge in [0.05, 0.1) is 12.2 Å². The van der Waals surface area contributed by atoms with E-state index in [4.69, 9.17) is 0 Å². The summed E-state index contributed by atoms with van der Waals surface area (Å²) in [5, 5.41) is 20.2. The maximum Gasteiger partial charge on any atom is 0.111 e. The molecule has 0 aromatic heterocycles. The van der Waals surface area contributed by atoms with Gasteiger partial charge in [0, 0.05) is 12.3 Å². The SMILES string of the molecule is C=C1/C(=C\C=C2/CCC[C@]3(C)[C@@H]([C@H](C)/C=C/[C@H](C)C(C)(C)F)CC[C@@H]23)C[C@@H](O)C[C@@H]1O. The second-order valence-electron chi connectivity index (χ2n) is 11.3. The van der Waals surface area contributed by atoms with E-state index in [9.17, 15) is 14.6 Å². The minimum atomic E-state index is -1.18. The zero-order chi connectivity index (χ0) is 23.0. The lowest BCUT2D eigenvalue weighted by atomic mass is 9.61. The third kappa shape index (κ3) is 5.25. The Kier molecular flexibility index (Phi) is 7.38. The summed E-state index contributed by atoms with van der Waals surface area (Å²) in [7, 11) is 0. The smallest absolute Gasteiger partial charge is 0.111 e. The Bertz CT molecular complexity index is 755. The number of hydrogen-bond acceptors (Lipinski definition) is 2. The Labute approximate surface area is 189 Å². The van der Waals surface area contributed by atoms with Crippen molar-refractivity contribution >= 4 is 0 Å². The first-order valence-corrected chi connectivity index (χ1v) is 12.3. The van der Waals surface area contributed by atoms with Gasteiger partial charge in [0.25, 0.3) is 0 Å². The standard InChI is InChI=1S/C28H43FO2/c1-18(9-10-19(2)27(4,5)29)24-13-14-25-21(8-7-15-28(24,25)6)11-12-22-16-23(30)17-26(31)20(22)3/h9-12,18-19,23-26,30-31H,3,7-8,13-17H2,1-2,4-6H3/b10-9+,21-11+,22-12-/t18-,19+,23-,24-,25+,26+,28-/m1/s1. The van der Waals surface area contributed by atoms with Gasteiger partial charge in [-0.3, -0.25) is 0 Å². The van der Waals surface area contributed by atoms with Gasteiger partial charge in [-0.15, -0.1) is 0 Å². The fraction of sp³-hybridized carbons (Fsp3) is 0.714. The highest BCUT2D eigenvalue weighted by atomic mass is 19.1. The summed E-state index contributed by atoms with van der Waals surface area (Å²) in [6.45, 7) is 14.1. The van der Waals surface area contributed by atoms with Gasteiger partial charge in [-0.25, -0.2) is 4.39 Å². The average Bonchev–Trinajstić information content (AvgIpc) is 3.04. The minimum Gasteiger partial charge on any atom is -0.393 e. The Morgan fingerprint density at radius 2 is 1.87 bits per heavy atom. The lowest BCUT2D eigenvalue weighted by molar-refractivity contribution is 0.0862. The Hall–Kier alpha value is -1.19. The van der Waals surface area contributed by atoms with Crippen molar-refractivity contribution in [2.24, 2.45) is 29.1 Å². The molecule has 31 heavy (non-hydrogen) atoms. The molecule has 3 aliphatic carbocycles. The van der Waals surface area contributed by atoms with Gasteiger partial charge < -0.3 is 10.2 Å². The van der Waals surface area contributed by atoms with Crippen molar-refractivity contribution in [2.75, 3.05) is 0 Å². The minimum absolute atomic E-state index is 0.0808. The van der Waals surface area contributed by atoms with Crippen LogP contribution in [-0.2, 0) is 0 Å². The van der Waals surface area contributed by atoms with Gasteiger partial charge in [0.1, 0.15) is 5.67 Å². The molecule has 3 rings (SSSR count). The van der Waals surface area contributed by atoms with E-state index in [1.54, 1.807) is 13.8 Å². The second-order valence-corrected chi connectivity index (χ2v) is 11.3. The van der Waals surface area contributed by atoms with Crippen molar-refractivity contribution in [1.82, 2.24) is 0 Å². The Morgan fingerprint density at radius 3 is 2.55 bits per heavy atom. The molecule has 0 aromatic rings. The molecule has 2 N–H and O–H groups in total. The molecular weight excluding hydrogens is 387 g/mol. The van der Waals surface area contributed by atoms with Crippen LogP contribution in [0.4, 0.5) is 4.39 Å². The molecule has 0 saturated heterocycles. The molecule has 0 aliphatic heterocycles. The second kappa shape index (κ2) is 9.35. The number of allylic oxidation sites excluding steroid dienone is 5. The molecule has 3 heteroatoms. The van der Waals surface area contributed by atoms with Crippen LogP contribution in [0.3, 0.4) is 0 Å². The van der Waals surface area contributed by atoms with E-state index in [2.05, 4.69) is 44.7 Å². The number of aliphatic hydroxyl groups excluding tert-OH is 2. The fourth-order valence-corrected chi connectivity index (χ4v) is 6.31. The summed E-state index contributed by atoms with van der Waals surface area (Å²) in [4.78, 5) is 0. The molecule has 0 aromatic carbocycles. The van der Waals surface area contributed by atoms with Gasteiger partial charge in [-0.1, -0.05) is 57.2 Å². The molecule has 3 saturated carbocycles. The lowest BCUT2D eigenvalue weighted by Crippen LogP contribution is -2.35. The maximum atomic E-state index is 14.2. The van der Waals surface area contributed by atoms with Crippen LogP contribution in [0.2, 0.25) is 0 Å². The van der Waals surface area contributed by atoms with Gasteiger partial charge in [0.15, 0.2) is 0 Å². The van der Waals surface area contributed by atoms with Crippen molar-refractivity contribution in [3.05, 3.63) is 47.6 Å². The number of alkyl halides is 1. The summed E-state index contributed by atoms with van der Waals surface area (Å²) in [6.07, 6.45) is 14.6. The van der Waals surface area contributed by atoms with Crippen LogP contribution in [0.15, 0.2) is 47.6 Å². The lowest BCUT2D eigenvalue weighted by Gasteiger charge is -2.44. The number of rotatable bonds is 5. The van der Waals surface area contributed by atoms with E-state index in [0.29, 0.717) is 30.6 Å². The number of fused-ring (bicyclic) bond motifs is 1. The Morgan fingerprint density at radius 1 is 1.16 bits per heavy atom. The van der Waals surface area contributed by atoms with Crippen LogP contribution >= 0.6 is 0 Å². The van der Waals surface area contributed by atoms with Crippen LogP contribution < -0.4 is 0 Å². The highest BCUT2D eigenvalue weighted by Gasteiger charge is 2.50. The first-order valence-electron chi connectivity index (χ1n) is 12.3. The molecule has 2 nitrogen and oxygen atoms in total. The zero-order valence-corrected chi connectivity index (χ0v) is 20.2. The predicted octanol–water partition coefficient (Wildman–Crippen LogP) is 6.70. The molecule has 3 aliphatic rings. The predicted molar refractivity (Wildman–Crippen MR) is 127 cm³/mol. The van der Waals surface area contributed by atoms with Crippen molar-refractivity contribution in [3.8, 4) is 0 Å². The van der Waals surface area contributed by atoms with Crippen molar-refractivity contribution in [1.29, 1.82) is 0 Å². The summed E-state index contributed by atoms with van der Waals surface area (Å²) in [5.41, 5.74) is 2.36. The summed E-state index contributed by atoms with van der Waals surface area (Å²) < 4.78 is 14.2. The summed E-state index contributed by atoms with van der Waals surface area (Å²) in [5.74, 6) is 1.57. The average molecular weight is 431 g/mol. The van der Waals surface area contributed by atoms with E-state index < -0.39 is 17.9 Å². The van der Waals surface area contributed by atoms with Gasteiger partial charge in [0.2, 0.25) is 0 Å². The largest absolute Gasteiger partial charge is 0.393 e. The highest BCUT2D eigenvalue weighted by molar-refractivity contribution is 5.38. The third-order valence-electron chi connectivity index (χ3n) is 8.72. The van der Waals surface area contributed by atoms with E-state index in [-0.39, 0.29) is 11.3 Å². The number of aliphatic hydroxyl groups is 2. The van der Waals surface area contributed by atoms with Crippen LogP contribution in [0.25, 0.3) is 0 Å². The van der Waals surface area contributed by atoms with Crippen LogP contribution in [0.1, 0.15) is 79.6 Å². The van der Waals surface area contributed by atoms with E-state index in [1.165, 1.54) is 31.3 Å². The van der Waals surface area contributed by atoms with Crippen LogP contribution in [0, 0.1) is 29.1 Å². The molecule has 3 fully saturated rings.